The zero-order chi connectivity index (χ0) is 11.6. The number of amides is 1. The smallest absolute Gasteiger partial charge is 0.343 e. The summed E-state index contributed by atoms with van der Waals surface area (Å²) in [5.41, 5.74) is -0.661. The number of likely N-dealkylation sites (tertiary alicyclic amines) is 1. The maximum atomic E-state index is 12.3. The van der Waals surface area contributed by atoms with Gasteiger partial charge in [0.05, 0.1) is 0 Å². The third kappa shape index (κ3) is 2.97. The van der Waals surface area contributed by atoms with Crippen LogP contribution in [0.4, 0.5) is 13.2 Å². The number of hydrogen-bond acceptors (Lipinski definition) is 1. The second-order valence-corrected chi connectivity index (χ2v) is 3.80. The van der Waals surface area contributed by atoms with Crippen LogP contribution in [0, 0.1) is 5.92 Å². The highest BCUT2D eigenvalue weighted by molar-refractivity contribution is 5.73. The Bertz CT molecular complexity index is 264. The molecule has 86 valence electrons. The summed E-state index contributed by atoms with van der Waals surface area (Å²) >= 11 is 0. The molecule has 0 N–H and O–H groups in total. The third-order valence-corrected chi connectivity index (χ3v) is 2.80. The first kappa shape index (κ1) is 12.1. The predicted molar refractivity (Wildman–Crippen MR) is 50.2 cm³/mol. The molecule has 0 bridgehead atoms. The molecule has 0 atom stereocenters. The molecule has 0 saturated carbocycles. The van der Waals surface area contributed by atoms with Gasteiger partial charge in [-0.15, -0.1) is 0 Å². The molecule has 0 aromatic carbocycles. The van der Waals surface area contributed by atoms with Crippen LogP contribution in [0.3, 0.4) is 0 Å². The number of piperidine rings is 1. The van der Waals surface area contributed by atoms with Gasteiger partial charge < -0.3 is 4.90 Å². The van der Waals surface area contributed by atoms with Gasteiger partial charge in [0.25, 0.3) is 0 Å². The number of nitrogens with zero attached hydrogens (tertiary/aromatic N) is 1. The summed E-state index contributed by atoms with van der Waals surface area (Å²) in [4.78, 5) is 12.5. The molecule has 0 aromatic rings. The number of allylic oxidation sites excluding steroid dienone is 1. The molecule has 0 aromatic heterocycles. The second kappa shape index (κ2) is 4.24. The molecule has 2 nitrogen and oxygen atoms in total. The van der Waals surface area contributed by atoms with E-state index in [1.807, 2.05) is 0 Å². The van der Waals surface area contributed by atoms with Crippen LogP contribution in [-0.2, 0) is 4.79 Å². The Morgan fingerprint density at radius 2 is 1.80 bits per heavy atom. The summed E-state index contributed by atoms with van der Waals surface area (Å²) in [6.07, 6.45) is -3.58. The predicted octanol–water partition coefficient (Wildman–Crippen LogP) is 2.36. The fourth-order valence-electron chi connectivity index (χ4n) is 1.77. The summed E-state index contributed by atoms with van der Waals surface area (Å²) in [6, 6.07) is 0. The van der Waals surface area contributed by atoms with E-state index in [4.69, 9.17) is 0 Å². The van der Waals surface area contributed by atoms with Gasteiger partial charge in [0.1, 0.15) is 0 Å². The van der Waals surface area contributed by atoms with E-state index in [-0.39, 0.29) is 5.91 Å². The van der Waals surface area contributed by atoms with Gasteiger partial charge in [0.15, 0.2) is 0 Å². The SMILES string of the molecule is C=C(C1CCN(C(C)=O)CC1)C(F)(F)F. The second-order valence-electron chi connectivity index (χ2n) is 3.80. The minimum Gasteiger partial charge on any atom is -0.343 e. The number of carbonyl (C=O) groups excluding carboxylic acids is 1. The normalized spacial score (nSPS) is 19.1. The van der Waals surface area contributed by atoms with E-state index < -0.39 is 17.7 Å². The largest absolute Gasteiger partial charge is 0.412 e. The van der Waals surface area contributed by atoms with Crippen LogP contribution in [-0.4, -0.2) is 30.1 Å². The number of carbonyl (C=O) groups is 1. The van der Waals surface area contributed by atoms with Gasteiger partial charge in [-0.2, -0.15) is 13.2 Å². The molecule has 0 unspecified atom stereocenters. The van der Waals surface area contributed by atoms with Crippen molar-refractivity contribution in [1.29, 1.82) is 0 Å². The van der Waals surface area contributed by atoms with Crippen molar-refractivity contribution in [1.82, 2.24) is 4.90 Å². The maximum Gasteiger partial charge on any atom is 0.412 e. The van der Waals surface area contributed by atoms with Crippen molar-refractivity contribution in [2.75, 3.05) is 13.1 Å². The number of alkyl halides is 3. The van der Waals surface area contributed by atoms with Gasteiger partial charge in [-0.25, -0.2) is 0 Å². The van der Waals surface area contributed by atoms with E-state index in [1.54, 1.807) is 4.90 Å². The average Bonchev–Trinajstić information content (AvgIpc) is 2.15. The van der Waals surface area contributed by atoms with Crippen LogP contribution in [0.15, 0.2) is 12.2 Å². The lowest BCUT2D eigenvalue weighted by Crippen LogP contribution is -2.38. The van der Waals surface area contributed by atoms with Crippen molar-refractivity contribution in [3.63, 3.8) is 0 Å². The first-order chi connectivity index (χ1) is 6.82. The molecular weight excluding hydrogens is 207 g/mol. The van der Waals surface area contributed by atoms with E-state index in [0.717, 1.165) is 0 Å². The van der Waals surface area contributed by atoms with Gasteiger partial charge in [-0.05, 0) is 18.8 Å². The van der Waals surface area contributed by atoms with Gasteiger partial charge in [-0.3, -0.25) is 4.79 Å². The number of rotatable bonds is 1. The monoisotopic (exact) mass is 221 g/mol. The van der Waals surface area contributed by atoms with Crippen LogP contribution < -0.4 is 0 Å². The molecule has 1 heterocycles. The van der Waals surface area contributed by atoms with Crippen molar-refractivity contribution >= 4 is 5.91 Å². The van der Waals surface area contributed by atoms with Crippen molar-refractivity contribution in [3.05, 3.63) is 12.2 Å². The van der Waals surface area contributed by atoms with Crippen molar-refractivity contribution in [2.24, 2.45) is 5.92 Å². The summed E-state index contributed by atoms with van der Waals surface area (Å²) in [6.45, 7) is 5.32. The first-order valence-electron chi connectivity index (χ1n) is 4.84. The molecule has 1 aliphatic rings. The molecular formula is C10H14F3NO. The summed E-state index contributed by atoms with van der Waals surface area (Å²) in [7, 11) is 0. The maximum absolute atomic E-state index is 12.3. The Kier molecular flexibility index (Phi) is 3.42. The quantitative estimate of drug-likeness (QED) is 0.622. The Morgan fingerprint density at radius 1 is 1.33 bits per heavy atom. The highest BCUT2D eigenvalue weighted by atomic mass is 19.4. The highest BCUT2D eigenvalue weighted by Gasteiger charge is 2.38. The van der Waals surface area contributed by atoms with Gasteiger partial charge in [0.2, 0.25) is 5.91 Å². The standard InChI is InChI=1S/C10H14F3NO/c1-7(10(11,12)13)9-3-5-14(6-4-9)8(2)15/h9H,1,3-6H2,2H3. The Hall–Kier alpha value is -1.00. The van der Waals surface area contributed by atoms with E-state index in [2.05, 4.69) is 6.58 Å². The Labute approximate surface area is 86.7 Å². The lowest BCUT2D eigenvalue weighted by molar-refractivity contribution is -0.130. The zero-order valence-corrected chi connectivity index (χ0v) is 8.60. The van der Waals surface area contributed by atoms with Gasteiger partial charge >= 0.3 is 6.18 Å². The molecule has 1 aliphatic heterocycles. The highest BCUT2D eigenvalue weighted by Crippen LogP contribution is 2.35. The summed E-state index contributed by atoms with van der Waals surface area (Å²) < 4.78 is 36.9. The van der Waals surface area contributed by atoms with Gasteiger partial charge in [-0.1, -0.05) is 6.58 Å². The van der Waals surface area contributed by atoms with Crippen LogP contribution in [0.25, 0.3) is 0 Å². The minimum absolute atomic E-state index is 0.0777. The Morgan fingerprint density at radius 3 is 2.13 bits per heavy atom. The fourth-order valence-corrected chi connectivity index (χ4v) is 1.77. The Balaban J connectivity index is 2.51. The minimum atomic E-state index is -4.30. The molecule has 0 radical (unpaired) electrons. The first-order valence-corrected chi connectivity index (χ1v) is 4.84. The molecule has 0 aliphatic carbocycles. The average molecular weight is 221 g/mol. The lowest BCUT2D eigenvalue weighted by atomic mass is 9.89. The van der Waals surface area contributed by atoms with Crippen LogP contribution in [0.2, 0.25) is 0 Å². The zero-order valence-electron chi connectivity index (χ0n) is 8.60. The summed E-state index contributed by atoms with van der Waals surface area (Å²) in [5, 5.41) is 0. The van der Waals surface area contributed by atoms with Crippen molar-refractivity contribution in [3.8, 4) is 0 Å². The molecule has 1 saturated heterocycles. The van der Waals surface area contributed by atoms with Gasteiger partial charge in [0, 0.05) is 25.6 Å². The van der Waals surface area contributed by atoms with E-state index in [9.17, 15) is 18.0 Å². The molecule has 15 heavy (non-hydrogen) atoms. The molecule has 1 rings (SSSR count). The third-order valence-electron chi connectivity index (χ3n) is 2.80. The molecule has 1 amide bonds. The fraction of sp³-hybridized carbons (Fsp3) is 0.700. The topological polar surface area (TPSA) is 20.3 Å². The molecule has 1 fully saturated rings. The molecule has 0 spiro atoms. The number of hydrogen-bond donors (Lipinski definition) is 0. The molecule has 5 heteroatoms. The van der Waals surface area contributed by atoms with Crippen molar-refractivity contribution < 1.29 is 18.0 Å². The van der Waals surface area contributed by atoms with Crippen LogP contribution in [0.1, 0.15) is 19.8 Å². The van der Waals surface area contributed by atoms with Crippen molar-refractivity contribution in [2.45, 2.75) is 25.9 Å². The van der Waals surface area contributed by atoms with E-state index >= 15 is 0 Å². The number of halogens is 3. The van der Waals surface area contributed by atoms with E-state index in [1.165, 1.54) is 6.92 Å². The summed E-state index contributed by atoms with van der Waals surface area (Å²) in [5.74, 6) is -0.605. The van der Waals surface area contributed by atoms with Crippen LogP contribution >= 0.6 is 0 Å². The van der Waals surface area contributed by atoms with Crippen LogP contribution in [0.5, 0.6) is 0 Å². The lowest BCUT2D eigenvalue weighted by Gasteiger charge is -2.32. The van der Waals surface area contributed by atoms with E-state index in [0.29, 0.717) is 25.9 Å².